The van der Waals surface area contributed by atoms with Gasteiger partial charge in [0, 0.05) is 7.05 Å². The summed E-state index contributed by atoms with van der Waals surface area (Å²) >= 11 is 0. The number of amides is 1. The van der Waals surface area contributed by atoms with Gasteiger partial charge in [0.05, 0.1) is 6.04 Å². The molecule has 15 heavy (non-hydrogen) atoms. The molecule has 0 aliphatic carbocycles. The lowest BCUT2D eigenvalue weighted by Gasteiger charge is -2.26. The Kier molecular flexibility index (Phi) is 5.93. The van der Waals surface area contributed by atoms with Crippen LogP contribution in [0.15, 0.2) is 0 Å². The highest BCUT2D eigenvalue weighted by atomic mass is 16.4. The van der Waals surface area contributed by atoms with Crippen LogP contribution in [0.2, 0.25) is 0 Å². The summed E-state index contributed by atoms with van der Waals surface area (Å²) in [5, 5.41) is 8.87. The number of nitrogens with two attached hydrogens (primary N) is 1. The molecule has 88 valence electrons. The molecule has 0 heterocycles. The Morgan fingerprint density at radius 1 is 1.40 bits per heavy atom. The summed E-state index contributed by atoms with van der Waals surface area (Å²) in [4.78, 5) is 23.7. The third-order valence-electron chi connectivity index (χ3n) is 2.40. The van der Waals surface area contributed by atoms with Crippen molar-refractivity contribution in [2.75, 3.05) is 7.05 Å². The van der Waals surface area contributed by atoms with E-state index in [1.807, 2.05) is 6.92 Å². The highest BCUT2D eigenvalue weighted by molar-refractivity contribution is 5.86. The van der Waals surface area contributed by atoms with Crippen molar-refractivity contribution in [2.24, 2.45) is 5.73 Å². The average molecular weight is 216 g/mol. The lowest BCUT2D eigenvalue weighted by Crippen LogP contribution is -2.49. The summed E-state index contributed by atoms with van der Waals surface area (Å²) in [7, 11) is 1.49. The maximum absolute atomic E-state index is 11.7. The number of carbonyl (C=O) groups is 2. The molecule has 2 atom stereocenters. The molecule has 0 aromatic heterocycles. The largest absolute Gasteiger partial charge is 0.480 e. The first-order valence-electron chi connectivity index (χ1n) is 5.20. The Labute approximate surface area is 90.2 Å². The number of hydrogen-bond donors (Lipinski definition) is 2. The smallest absolute Gasteiger partial charge is 0.326 e. The molecule has 0 aromatic rings. The molecule has 0 bridgehead atoms. The fourth-order valence-corrected chi connectivity index (χ4v) is 1.46. The number of carbonyl (C=O) groups excluding carboxylic acids is 1. The zero-order valence-electron chi connectivity index (χ0n) is 9.56. The summed E-state index contributed by atoms with van der Waals surface area (Å²) in [5.74, 6) is -1.29. The number of aliphatic carboxylic acids is 1. The van der Waals surface area contributed by atoms with Crippen molar-refractivity contribution in [1.82, 2.24) is 4.90 Å². The molecular formula is C10H20N2O3. The van der Waals surface area contributed by atoms with Crippen LogP contribution >= 0.6 is 0 Å². The maximum atomic E-state index is 11.7. The van der Waals surface area contributed by atoms with Crippen LogP contribution in [0.1, 0.15) is 33.1 Å². The highest BCUT2D eigenvalue weighted by Crippen LogP contribution is 2.06. The zero-order valence-corrected chi connectivity index (χ0v) is 9.56. The van der Waals surface area contributed by atoms with Crippen molar-refractivity contribution in [2.45, 2.75) is 45.2 Å². The number of carboxylic acid groups (broad SMARTS) is 1. The second-order valence-corrected chi connectivity index (χ2v) is 3.61. The van der Waals surface area contributed by atoms with Gasteiger partial charge in [0.1, 0.15) is 6.04 Å². The van der Waals surface area contributed by atoms with Crippen LogP contribution in [0.25, 0.3) is 0 Å². The average Bonchev–Trinajstić information content (AvgIpc) is 2.17. The van der Waals surface area contributed by atoms with Crippen molar-refractivity contribution < 1.29 is 14.7 Å². The zero-order chi connectivity index (χ0) is 12.0. The first kappa shape index (κ1) is 13.9. The van der Waals surface area contributed by atoms with E-state index in [9.17, 15) is 9.59 Å². The van der Waals surface area contributed by atoms with E-state index in [0.29, 0.717) is 12.8 Å². The number of carboxylic acids is 1. The van der Waals surface area contributed by atoms with Crippen LogP contribution in [0.4, 0.5) is 0 Å². The van der Waals surface area contributed by atoms with Gasteiger partial charge in [-0.15, -0.1) is 0 Å². The van der Waals surface area contributed by atoms with Gasteiger partial charge in [0.2, 0.25) is 5.91 Å². The molecule has 0 fully saturated rings. The second-order valence-electron chi connectivity index (χ2n) is 3.61. The number of hydrogen-bond acceptors (Lipinski definition) is 3. The van der Waals surface area contributed by atoms with Crippen LogP contribution < -0.4 is 5.73 Å². The quantitative estimate of drug-likeness (QED) is 0.674. The van der Waals surface area contributed by atoms with Gasteiger partial charge < -0.3 is 15.7 Å². The summed E-state index contributed by atoms with van der Waals surface area (Å²) in [6.07, 6.45) is 1.78. The summed E-state index contributed by atoms with van der Waals surface area (Å²) < 4.78 is 0. The van der Waals surface area contributed by atoms with E-state index >= 15 is 0 Å². The van der Waals surface area contributed by atoms with Crippen molar-refractivity contribution in [3.63, 3.8) is 0 Å². The Bertz CT molecular complexity index is 231. The molecule has 0 radical (unpaired) electrons. The second kappa shape index (κ2) is 6.40. The summed E-state index contributed by atoms with van der Waals surface area (Å²) in [5.41, 5.74) is 5.64. The Morgan fingerprint density at radius 3 is 2.27 bits per heavy atom. The van der Waals surface area contributed by atoms with Gasteiger partial charge in [-0.05, 0) is 12.8 Å². The lowest BCUT2D eigenvalue weighted by molar-refractivity contribution is -0.149. The molecule has 1 unspecified atom stereocenters. The van der Waals surface area contributed by atoms with Crippen molar-refractivity contribution in [3.8, 4) is 0 Å². The molecular weight excluding hydrogens is 196 g/mol. The molecule has 0 saturated heterocycles. The van der Waals surface area contributed by atoms with E-state index in [0.717, 1.165) is 6.42 Å². The molecule has 5 heteroatoms. The van der Waals surface area contributed by atoms with Gasteiger partial charge >= 0.3 is 5.97 Å². The minimum absolute atomic E-state index is 0.300. The summed E-state index contributed by atoms with van der Waals surface area (Å²) in [6, 6.07) is -1.37. The first-order chi connectivity index (χ1) is 6.95. The summed E-state index contributed by atoms with van der Waals surface area (Å²) in [6.45, 7) is 3.66. The van der Waals surface area contributed by atoms with E-state index in [1.165, 1.54) is 11.9 Å². The molecule has 0 rings (SSSR count). The minimum Gasteiger partial charge on any atom is -0.480 e. The predicted molar refractivity (Wildman–Crippen MR) is 57.4 cm³/mol. The molecule has 3 N–H and O–H groups in total. The van der Waals surface area contributed by atoms with Gasteiger partial charge in [0.25, 0.3) is 0 Å². The SMILES string of the molecule is CCC[C@@H](N)C(=O)N(C)C(CC)C(=O)O. The van der Waals surface area contributed by atoms with Gasteiger partial charge in [-0.1, -0.05) is 20.3 Å². The number of likely N-dealkylation sites (N-methyl/N-ethyl adjacent to an activating group) is 1. The van der Waals surface area contributed by atoms with E-state index < -0.39 is 18.1 Å². The van der Waals surface area contributed by atoms with Crippen LogP contribution in [0, 0.1) is 0 Å². The molecule has 0 saturated carbocycles. The van der Waals surface area contributed by atoms with Gasteiger partial charge in [0.15, 0.2) is 0 Å². The topological polar surface area (TPSA) is 83.6 Å². The van der Waals surface area contributed by atoms with Crippen LogP contribution in [-0.4, -0.2) is 41.0 Å². The van der Waals surface area contributed by atoms with Gasteiger partial charge in [-0.2, -0.15) is 0 Å². The van der Waals surface area contributed by atoms with Crippen molar-refractivity contribution >= 4 is 11.9 Å². The third kappa shape index (κ3) is 3.87. The third-order valence-corrected chi connectivity index (χ3v) is 2.40. The normalized spacial score (nSPS) is 14.4. The molecule has 0 aliphatic heterocycles. The molecule has 0 aromatic carbocycles. The van der Waals surface area contributed by atoms with Crippen LogP contribution in [-0.2, 0) is 9.59 Å². The monoisotopic (exact) mass is 216 g/mol. The minimum atomic E-state index is -0.989. The van der Waals surface area contributed by atoms with E-state index in [-0.39, 0.29) is 5.91 Å². The Balaban J connectivity index is 4.47. The van der Waals surface area contributed by atoms with Gasteiger partial charge in [-0.25, -0.2) is 4.79 Å². The highest BCUT2D eigenvalue weighted by Gasteiger charge is 2.27. The lowest BCUT2D eigenvalue weighted by atomic mass is 10.1. The Morgan fingerprint density at radius 2 is 1.93 bits per heavy atom. The van der Waals surface area contributed by atoms with E-state index in [4.69, 9.17) is 10.8 Å². The standard InChI is InChI=1S/C10H20N2O3/c1-4-6-7(11)9(13)12(3)8(5-2)10(14)15/h7-8H,4-6,11H2,1-3H3,(H,14,15)/t7-,8?/m1/s1. The fourth-order valence-electron chi connectivity index (χ4n) is 1.46. The molecule has 0 spiro atoms. The van der Waals surface area contributed by atoms with E-state index in [2.05, 4.69) is 0 Å². The predicted octanol–water partition coefficient (Wildman–Crippen LogP) is 0.435. The van der Waals surface area contributed by atoms with Gasteiger partial charge in [-0.3, -0.25) is 4.79 Å². The van der Waals surface area contributed by atoms with Crippen molar-refractivity contribution in [1.29, 1.82) is 0 Å². The first-order valence-corrected chi connectivity index (χ1v) is 5.20. The number of rotatable bonds is 6. The molecule has 1 amide bonds. The Hall–Kier alpha value is -1.10. The molecule has 0 aliphatic rings. The maximum Gasteiger partial charge on any atom is 0.326 e. The fraction of sp³-hybridized carbons (Fsp3) is 0.800. The van der Waals surface area contributed by atoms with Crippen LogP contribution in [0.3, 0.4) is 0 Å². The van der Waals surface area contributed by atoms with Crippen molar-refractivity contribution in [3.05, 3.63) is 0 Å². The van der Waals surface area contributed by atoms with E-state index in [1.54, 1.807) is 6.92 Å². The number of nitrogens with zero attached hydrogens (tertiary/aromatic N) is 1. The van der Waals surface area contributed by atoms with Crippen LogP contribution in [0.5, 0.6) is 0 Å². The molecule has 5 nitrogen and oxygen atoms in total.